The standard InChI is InChI=1S/C13H12N4/c14-9-13(5-2-6-13)12-16-8-4-11(17-12)10-3-1-7-15-10/h1,3-4,7-8,15H,2,5-6H2. The first kappa shape index (κ1) is 10.0. The third-order valence-corrected chi connectivity index (χ3v) is 3.38. The Labute approximate surface area is 99.3 Å². The SMILES string of the molecule is N#CC1(c2nccc(-c3ccc[nH]3)n2)CCC1. The van der Waals surface area contributed by atoms with Crippen LogP contribution in [-0.4, -0.2) is 15.0 Å². The summed E-state index contributed by atoms with van der Waals surface area (Å²) in [5.74, 6) is 0.665. The normalized spacial score (nSPS) is 17.1. The maximum atomic E-state index is 9.27. The van der Waals surface area contributed by atoms with E-state index in [1.165, 1.54) is 0 Å². The topological polar surface area (TPSA) is 65.4 Å². The van der Waals surface area contributed by atoms with Crippen LogP contribution in [0.5, 0.6) is 0 Å². The summed E-state index contributed by atoms with van der Waals surface area (Å²) in [6, 6.07) is 8.12. The van der Waals surface area contributed by atoms with Crippen molar-refractivity contribution in [3.05, 3.63) is 36.4 Å². The number of aromatic nitrogens is 3. The molecule has 0 bridgehead atoms. The van der Waals surface area contributed by atoms with E-state index in [1.807, 2.05) is 24.4 Å². The van der Waals surface area contributed by atoms with Crippen LogP contribution in [0, 0.1) is 11.3 Å². The van der Waals surface area contributed by atoms with Gasteiger partial charge in [0.2, 0.25) is 0 Å². The van der Waals surface area contributed by atoms with Crippen molar-refractivity contribution in [2.75, 3.05) is 0 Å². The molecule has 3 rings (SSSR count). The van der Waals surface area contributed by atoms with Crippen LogP contribution in [0.1, 0.15) is 25.1 Å². The Bertz CT molecular complexity index is 561. The Morgan fingerprint density at radius 1 is 1.35 bits per heavy atom. The molecule has 2 aromatic heterocycles. The van der Waals surface area contributed by atoms with Crippen molar-refractivity contribution >= 4 is 0 Å². The highest BCUT2D eigenvalue weighted by Crippen LogP contribution is 2.41. The molecule has 4 heteroatoms. The average molecular weight is 224 g/mol. The Morgan fingerprint density at radius 3 is 2.82 bits per heavy atom. The predicted octanol–water partition coefficient (Wildman–Crippen LogP) is 2.42. The zero-order valence-electron chi connectivity index (χ0n) is 9.35. The number of H-pyrrole nitrogens is 1. The molecule has 0 saturated heterocycles. The molecule has 1 N–H and O–H groups in total. The van der Waals surface area contributed by atoms with Crippen LogP contribution < -0.4 is 0 Å². The Kier molecular flexibility index (Phi) is 2.19. The second-order valence-electron chi connectivity index (χ2n) is 4.40. The minimum absolute atomic E-state index is 0.442. The minimum atomic E-state index is -0.442. The molecular weight excluding hydrogens is 212 g/mol. The van der Waals surface area contributed by atoms with Gasteiger partial charge in [0.15, 0.2) is 0 Å². The van der Waals surface area contributed by atoms with E-state index in [2.05, 4.69) is 21.0 Å². The van der Waals surface area contributed by atoms with Crippen molar-refractivity contribution < 1.29 is 0 Å². The summed E-state index contributed by atoms with van der Waals surface area (Å²) in [6.07, 6.45) is 6.43. The number of hydrogen-bond donors (Lipinski definition) is 1. The van der Waals surface area contributed by atoms with Crippen LogP contribution in [0.4, 0.5) is 0 Å². The lowest BCUT2D eigenvalue weighted by atomic mass is 9.69. The molecule has 0 unspecified atom stereocenters. The van der Waals surface area contributed by atoms with Crippen molar-refractivity contribution in [1.29, 1.82) is 5.26 Å². The summed E-state index contributed by atoms with van der Waals surface area (Å²) in [6.45, 7) is 0. The molecule has 2 aromatic rings. The average Bonchev–Trinajstić information content (AvgIpc) is 2.82. The van der Waals surface area contributed by atoms with Gasteiger partial charge in [-0.2, -0.15) is 5.26 Å². The van der Waals surface area contributed by atoms with E-state index in [-0.39, 0.29) is 0 Å². The van der Waals surface area contributed by atoms with E-state index in [0.29, 0.717) is 5.82 Å². The maximum Gasteiger partial charge on any atom is 0.149 e. The summed E-state index contributed by atoms with van der Waals surface area (Å²) in [4.78, 5) is 11.9. The van der Waals surface area contributed by atoms with Gasteiger partial charge in [-0.25, -0.2) is 9.97 Å². The van der Waals surface area contributed by atoms with Crippen LogP contribution in [-0.2, 0) is 5.41 Å². The van der Waals surface area contributed by atoms with E-state index < -0.39 is 5.41 Å². The van der Waals surface area contributed by atoms with Gasteiger partial charge in [-0.3, -0.25) is 0 Å². The lowest BCUT2D eigenvalue weighted by molar-refractivity contribution is 0.307. The lowest BCUT2D eigenvalue weighted by Gasteiger charge is -2.33. The molecule has 84 valence electrons. The summed E-state index contributed by atoms with van der Waals surface area (Å²) in [5, 5.41) is 9.27. The quantitative estimate of drug-likeness (QED) is 0.851. The number of hydrogen-bond acceptors (Lipinski definition) is 3. The van der Waals surface area contributed by atoms with Crippen molar-refractivity contribution in [2.45, 2.75) is 24.7 Å². The van der Waals surface area contributed by atoms with Crippen LogP contribution in [0.2, 0.25) is 0 Å². The van der Waals surface area contributed by atoms with Gasteiger partial charge in [0.05, 0.1) is 17.5 Å². The second kappa shape index (κ2) is 3.70. The van der Waals surface area contributed by atoms with E-state index in [4.69, 9.17) is 0 Å². The van der Waals surface area contributed by atoms with Gasteiger partial charge in [0, 0.05) is 12.4 Å². The van der Waals surface area contributed by atoms with E-state index >= 15 is 0 Å². The molecule has 17 heavy (non-hydrogen) atoms. The largest absolute Gasteiger partial charge is 0.360 e. The number of nitrogens with one attached hydrogen (secondary N) is 1. The number of aromatic amines is 1. The molecule has 0 spiro atoms. The molecule has 0 aliphatic heterocycles. The Hall–Kier alpha value is -2.15. The molecule has 0 aromatic carbocycles. The number of nitriles is 1. The first-order chi connectivity index (χ1) is 8.34. The molecule has 0 atom stereocenters. The monoisotopic (exact) mass is 224 g/mol. The van der Waals surface area contributed by atoms with Gasteiger partial charge in [0.1, 0.15) is 11.2 Å². The number of rotatable bonds is 2. The fraction of sp³-hybridized carbons (Fsp3) is 0.308. The van der Waals surface area contributed by atoms with Crippen molar-refractivity contribution in [1.82, 2.24) is 15.0 Å². The fourth-order valence-electron chi connectivity index (χ4n) is 2.14. The zero-order valence-corrected chi connectivity index (χ0v) is 9.35. The fourth-order valence-corrected chi connectivity index (χ4v) is 2.14. The van der Waals surface area contributed by atoms with Crippen LogP contribution in [0.3, 0.4) is 0 Å². The van der Waals surface area contributed by atoms with E-state index in [9.17, 15) is 5.26 Å². The van der Waals surface area contributed by atoms with Crippen molar-refractivity contribution in [2.24, 2.45) is 0 Å². The van der Waals surface area contributed by atoms with Gasteiger partial charge in [-0.1, -0.05) is 0 Å². The predicted molar refractivity (Wildman–Crippen MR) is 63.0 cm³/mol. The van der Waals surface area contributed by atoms with Crippen LogP contribution in [0.15, 0.2) is 30.6 Å². The molecule has 0 radical (unpaired) electrons. The molecule has 1 aliphatic carbocycles. The Balaban J connectivity index is 2.03. The highest BCUT2D eigenvalue weighted by Gasteiger charge is 2.41. The third-order valence-electron chi connectivity index (χ3n) is 3.38. The van der Waals surface area contributed by atoms with Crippen LogP contribution in [0.25, 0.3) is 11.4 Å². The Morgan fingerprint density at radius 2 is 2.24 bits per heavy atom. The van der Waals surface area contributed by atoms with Crippen LogP contribution >= 0.6 is 0 Å². The zero-order chi connectivity index (χ0) is 11.7. The minimum Gasteiger partial charge on any atom is -0.360 e. The second-order valence-corrected chi connectivity index (χ2v) is 4.40. The molecule has 4 nitrogen and oxygen atoms in total. The smallest absolute Gasteiger partial charge is 0.149 e. The lowest BCUT2D eigenvalue weighted by Crippen LogP contribution is -2.34. The molecule has 0 amide bonds. The van der Waals surface area contributed by atoms with Gasteiger partial charge < -0.3 is 4.98 Å². The van der Waals surface area contributed by atoms with Gasteiger partial charge >= 0.3 is 0 Å². The molecule has 2 heterocycles. The third kappa shape index (κ3) is 1.51. The van der Waals surface area contributed by atoms with Gasteiger partial charge in [-0.05, 0) is 37.5 Å². The van der Waals surface area contributed by atoms with E-state index in [1.54, 1.807) is 6.20 Å². The molecular formula is C13H12N4. The highest BCUT2D eigenvalue weighted by atomic mass is 14.9. The maximum absolute atomic E-state index is 9.27. The van der Waals surface area contributed by atoms with Crippen molar-refractivity contribution in [3.63, 3.8) is 0 Å². The van der Waals surface area contributed by atoms with Gasteiger partial charge in [-0.15, -0.1) is 0 Å². The summed E-state index contributed by atoms with van der Waals surface area (Å²) in [7, 11) is 0. The number of nitrogens with zero attached hydrogens (tertiary/aromatic N) is 3. The summed E-state index contributed by atoms with van der Waals surface area (Å²) >= 11 is 0. The van der Waals surface area contributed by atoms with Gasteiger partial charge in [0.25, 0.3) is 0 Å². The van der Waals surface area contributed by atoms with Crippen molar-refractivity contribution in [3.8, 4) is 17.5 Å². The molecule has 1 aliphatic rings. The van der Waals surface area contributed by atoms with E-state index in [0.717, 1.165) is 30.7 Å². The molecule has 1 saturated carbocycles. The first-order valence-electron chi connectivity index (χ1n) is 5.73. The molecule has 1 fully saturated rings. The summed E-state index contributed by atoms with van der Waals surface area (Å²) < 4.78 is 0. The first-order valence-corrected chi connectivity index (χ1v) is 5.73. The highest BCUT2D eigenvalue weighted by molar-refractivity contribution is 5.53. The summed E-state index contributed by atoms with van der Waals surface area (Å²) in [5.41, 5.74) is 1.37.